The van der Waals surface area contributed by atoms with E-state index in [1.54, 1.807) is 53.9 Å². The first-order valence-electron chi connectivity index (χ1n) is 20.7. The summed E-state index contributed by atoms with van der Waals surface area (Å²) in [5.41, 5.74) is 1.39. The van der Waals surface area contributed by atoms with Crippen molar-refractivity contribution < 1.29 is 41.8 Å². The fourth-order valence-electron chi connectivity index (χ4n) is 8.11. The molecule has 4 N–H and O–H groups in total. The minimum absolute atomic E-state index is 0.0348. The van der Waals surface area contributed by atoms with Gasteiger partial charge in [-0.1, -0.05) is 36.4 Å². The number of ether oxygens (including phenoxy) is 2. The van der Waals surface area contributed by atoms with Crippen LogP contribution >= 0.6 is 22.7 Å². The van der Waals surface area contributed by atoms with Gasteiger partial charge in [0.15, 0.2) is 5.41 Å². The minimum atomic E-state index is -1.39. The summed E-state index contributed by atoms with van der Waals surface area (Å²) in [6.07, 6.45) is 7.78. The number of esters is 2. The molecule has 2 aromatic heterocycles. The molecule has 2 saturated carbocycles. The van der Waals surface area contributed by atoms with Crippen molar-refractivity contribution >= 4 is 69.4 Å². The molecule has 0 atom stereocenters. The Morgan fingerprint density at radius 2 is 1.12 bits per heavy atom. The second-order valence-electron chi connectivity index (χ2n) is 15.8. The Morgan fingerprint density at radius 3 is 1.64 bits per heavy atom. The molecule has 2 aliphatic rings. The molecule has 2 fully saturated rings. The molecule has 4 aromatic carbocycles. The van der Waals surface area contributed by atoms with E-state index in [0.29, 0.717) is 43.1 Å². The number of thiazole rings is 2. The molecule has 0 saturated heterocycles. The van der Waals surface area contributed by atoms with Crippen LogP contribution in [-0.4, -0.2) is 47.2 Å². The number of urea groups is 2. The second-order valence-corrected chi connectivity index (χ2v) is 17.9. The standard InChI is InChI=1S/C47H43F3N6O6S2/c1-61-43(57)47(22-20-30(21-23-47)42-52-26-40(64-42)28-8-15-33(16-9-28)54-46(60)56-38-19-12-31(48)24-36(38)50)44(58)62-34-17-10-29(11-18-34)41-51-25-39(63-41)27-6-13-32(14-7-27)53-45(59)55-37-5-3-2-4-35(37)49/h2-9,12-16,19,24-26,29-30,34H,10-11,17-18,20-23H2,1H3,(H2,53,55,59)(H2,54,56,60). The van der Waals surface area contributed by atoms with Crippen molar-refractivity contribution in [2.45, 2.75) is 69.3 Å². The summed E-state index contributed by atoms with van der Waals surface area (Å²) in [5.74, 6) is -3.04. The van der Waals surface area contributed by atoms with Crippen LogP contribution in [0.1, 0.15) is 73.2 Å². The number of methoxy groups -OCH3 is 1. The molecule has 0 spiro atoms. The van der Waals surface area contributed by atoms with Crippen LogP contribution in [0.25, 0.3) is 20.9 Å². The summed E-state index contributed by atoms with van der Waals surface area (Å²) in [4.78, 5) is 63.2. The lowest BCUT2D eigenvalue weighted by atomic mass is 9.70. The van der Waals surface area contributed by atoms with Crippen molar-refractivity contribution in [2.75, 3.05) is 28.4 Å². The number of aromatic nitrogens is 2. The molecule has 8 rings (SSSR count). The van der Waals surface area contributed by atoms with Crippen LogP contribution in [0, 0.1) is 22.9 Å². The molecule has 4 amide bonds. The van der Waals surface area contributed by atoms with E-state index in [9.17, 15) is 32.3 Å². The third-order valence-corrected chi connectivity index (χ3v) is 14.1. The average molecular weight is 909 g/mol. The Balaban J connectivity index is 0.807. The van der Waals surface area contributed by atoms with Crippen LogP contribution < -0.4 is 21.3 Å². The summed E-state index contributed by atoms with van der Waals surface area (Å²) in [5, 5.41) is 12.1. The summed E-state index contributed by atoms with van der Waals surface area (Å²) in [7, 11) is 1.29. The van der Waals surface area contributed by atoms with Gasteiger partial charge in [-0.25, -0.2) is 32.7 Å². The van der Waals surface area contributed by atoms with Gasteiger partial charge in [-0.3, -0.25) is 9.59 Å². The van der Waals surface area contributed by atoms with Gasteiger partial charge in [0.25, 0.3) is 0 Å². The van der Waals surface area contributed by atoms with E-state index in [1.807, 2.05) is 30.5 Å². The zero-order chi connectivity index (χ0) is 44.8. The normalized spacial score (nSPS) is 19.5. The fraction of sp³-hybridized carbons (Fsp3) is 0.277. The highest BCUT2D eigenvalue weighted by Crippen LogP contribution is 2.47. The van der Waals surface area contributed by atoms with Crippen molar-refractivity contribution in [3.8, 4) is 20.9 Å². The van der Waals surface area contributed by atoms with Gasteiger partial charge in [-0.05, 0) is 111 Å². The number of para-hydroxylation sites is 1. The van der Waals surface area contributed by atoms with Crippen LogP contribution in [0.3, 0.4) is 0 Å². The first-order chi connectivity index (χ1) is 31.0. The van der Waals surface area contributed by atoms with Crippen LogP contribution in [0.5, 0.6) is 0 Å². The maximum atomic E-state index is 13.9. The first-order valence-corrected chi connectivity index (χ1v) is 22.4. The molecule has 0 radical (unpaired) electrons. The smallest absolute Gasteiger partial charge is 0.323 e. The molecule has 0 unspecified atom stereocenters. The van der Waals surface area contributed by atoms with E-state index in [2.05, 4.69) is 21.3 Å². The molecule has 64 heavy (non-hydrogen) atoms. The fourth-order valence-corrected chi connectivity index (χ4v) is 10.3. The highest BCUT2D eigenvalue weighted by Gasteiger charge is 2.52. The number of hydrogen-bond acceptors (Lipinski definition) is 10. The Kier molecular flexibility index (Phi) is 13.4. The lowest BCUT2D eigenvalue weighted by molar-refractivity contribution is -0.178. The lowest BCUT2D eigenvalue weighted by Crippen LogP contribution is -2.45. The van der Waals surface area contributed by atoms with Crippen molar-refractivity contribution in [1.29, 1.82) is 0 Å². The number of nitrogens with one attached hydrogen (secondary N) is 4. The third-order valence-electron chi connectivity index (χ3n) is 11.7. The zero-order valence-electron chi connectivity index (χ0n) is 34.5. The summed E-state index contributed by atoms with van der Waals surface area (Å²) >= 11 is 3.13. The molecular weight excluding hydrogens is 866 g/mol. The van der Waals surface area contributed by atoms with E-state index < -0.39 is 46.9 Å². The van der Waals surface area contributed by atoms with Gasteiger partial charge in [0, 0.05) is 41.7 Å². The maximum absolute atomic E-state index is 13.9. The van der Waals surface area contributed by atoms with E-state index in [4.69, 9.17) is 19.4 Å². The molecule has 2 aliphatic carbocycles. The largest absolute Gasteiger partial charge is 0.468 e. The van der Waals surface area contributed by atoms with Gasteiger partial charge < -0.3 is 30.7 Å². The number of anilines is 4. The van der Waals surface area contributed by atoms with E-state index in [0.717, 1.165) is 55.9 Å². The number of carbonyl (C=O) groups excluding carboxylic acids is 4. The van der Waals surface area contributed by atoms with Gasteiger partial charge >= 0.3 is 24.0 Å². The number of carbonyl (C=O) groups is 4. The Hall–Kier alpha value is -6.59. The van der Waals surface area contributed by atoms with Crippen LogP contribution in [0.2, 0.25) is 0 Å². The van der Waals surface area contributed by atoms with Gasteiger partial charge in [-0.2, -0.15) is 0 Å². The number of nitrogens with zero attached hydrogens (tertiary/aromatic N) is 2. The van der Waals surface area contributed by atoms with Crippen LogP contribution in [0.15, 0.2) is 103 Å². The highest BCUT2D eigenvalue weighted by atomic mass is 32.1. The molecule has 12 nitrogen and oxygen atoms in total. The molecular formula is C47H43F3N6O6S2. The topological polar surface area (TPSA) is 161 Å². The zero-order valence-corrected chi connectivity index (χ0v) is 36.1. The SMILES string of the molecule is COC(=O)C1(C(=O)OC2CCC(c3ncc(-c4ccc(NC(=O)Nc5ccccc5F)cc4)s3)CC2)CCC(c2ncc(-c3ccc(NC(=O)Nc4ccc(F)cc4F)cc3)s2)CC1. The van der Waals surface area contributed by atoms with Gasteiger partial charge in [0.1, 0.15) is 23.6 Å². The Bertz CT molecular complexity index is 2640. The van der Waals surface area contributed by atoms with Crippen molar-refractivity contribution in [1.82, 2.24) is 9.97 Å². The minimum Gasteiger partial charge on any atom is -0.468 e. The van der Waals surface area contributed by atoms with E-state index in [-0.39, 0.29) is 42.2 Å². The molecule has 2 heterocycles. The molecule has 17 heteroatoms. The van der Waals surface area contributed by atoms with Gasteiger partial charge in [0.2, 0.25) is 0 Å². The number of rotatable bonds is 11. The number of hydrogen-bond donors (Lipinski definition) is 4. The monoisotopic (exact) mass is 908 g/mol. The first kappa shape index (κ1) is 44.0. The number of benzene rings is 4. The second kappa shape index (κ2) is 19.4. The van der Waals surface area contributed by atoms with Crippen LogP contribution in [0.4, 0.5) is 45.5 Å². The average Bonchev–Trinajstić information content (AvgIpc) is 4.01. The number of halogens is 3. The number of amides is 4. The van der Waals surface area contributed by atoms with Crippen molar-refractivity contribution in [2.24, 2.45) is 5.41 Å². The van der Waals surface area contributed by atoms with Crippen molar-refractivity contribution in [3.63, 3.8) is 0 Å². The van der Waals surface area contributed by atoms with E-state index >= 15 is 0 Å². The lowest BCUT2D eigenvalue weighted by Gasteiger charge is -2.37. The summed E-state index contributed by atoms with van der Waals surface area (Å²) in [6, 6.07) is 22.0. The predicted molar refractivity (Wildman–Crippen MR) is 240 cm³/mol. The van der Waals surface area contributed by atoms with E-state index in [1.165, 1.54) is 30.6 Å². The molecule has 0 aliphatic heterocycles. The summed E-state index contributed by atoms with van der Waals surface area (Å²) in [6.45, 7) is 0. The maximum Gasteiger partial charge on any atom is 0.323 e. The van der Waals surface area contributed by atoms with Crippen LogP contribution in [-0.2, 0) is 19.1 Å². The quantitative estimate of drug-likeness (QED) is 0.0738. The molecule has 0 bridgehead atoms. The van der Waals surface area contributed by atoms with Gasteiger partial charge in [0.05, 0.1) is 38.3 Å². The highest BCUT2D eigenvalue weighted by molar-refractivity contribution is 7.15. The molecule has 6 aromatic rings. The Labute approximate surface area is 374 Å². The molecule has 330 valence electrons. The third kappa shape index (κ3) is 10.1. The van der Waals surface area contributed by atoms with Gasteiger partial charge in [-0.15, -0.1) is 22.7 Å². The predicted octanol–water partition coefficient (Wildman–Crippen LogP) is 11.7. The Morgan fingerprint density at radius 1 is 0.609 bits per heavy atom. The summed E-state index contributed by atoms with van der Waals surface area (Å²) < 4.78 is 52.3. The van der Waals surface area contributed by atoms with Crippen molar-refractivity contribution in [3.05, 3.63) is 131 Å².